The molecule has 0 aliphatic carbocycles. The molecule has 0 radical (unpaired) electrons. The molecule has 1 aromatic heterocycles. The Bertz CT molecular complexity index is 728. The second kappa shape index (κ2) is 5.16. The molecule has 108 valence electrons. The molecule has 1 heterocycles. The number of anilines is 1. The van der Waals surface area contributed by atoms with Crippen molar-refractivity contribution in [3.63, 3.8) is 0 Å². The minimum atomic E-state index is -4.38. The summed E-state index contributed by atoms with van der Waals surface area (Å²) in [6.45, 7) is 0.196. The molecule has 5 heteroatoms. The molecule has 0 unspecified atom stereocenters. The first-order valence-corrected chi connectivity index (χ1v) is 6.41. The first kappa shape index (κ1) is 13.5. The molecule has 0 fully saturated rings. The predicted molar refractivity (Wildman–Crippen MR) is 75.0 cm³/mol. The van der Waals surface area contributed by atoms with Gasteiger partial charge in [0.2, 0.25) is 0 Å². The molecule has 2 aromatic carbocycles. The van der Waals surface area contributed by atoms with Crippen LogP contribution in [0.2, 0.25) is 0 Å². The second-order valence-electron chi connectivity index (χ2n) is 4.65. The van der Waals surface area contributed by atoms with Gasteiger partial charge in [0.25, 0.3) is 0 Å². The third-order valence-electron chi connectivity index (χ3n) is 3.16. The number of hydrogen-bond donors (Lipinski definition) is 1. The highest BCUT2D eigenvalue weighted by molar-refractivity contribution is 5.77. The van der Waals surface area contributed by atoms with Crippen molar-refractivity contribution >= 4 is 16.7 Å². The Kier molecular flexibility index (Phi) is 3.33. The molecule has 0 atom stereocenters. The van der Waals surface area contributed by atoms with Gasteiger partial charge in [-0.05, 0) is 24.3 Å². The summed E-state index contributed by atoms with van der Waals surface area (Å²) >= 11 is 0. The first-order valence-electron chi connectivity index (χ1n) is 6.41. The molecule has 0 bridgehead atoms. The number of furan rings is 1. The van der Waals surface area contributed by atoms with E-state index < -0.39 is 11.7 Å². The van der Waals surface area contributed by atoms with Crippen LogP contribution in [0.1, 0.15) is 11.3 Å². The van der Waals surface area contributed by atoms with Crippen LogP contribution in [-0.4, -0.2) is 0 Å². The van der Waals surface area contributed by atoms with Gasteiger partial charge in [0.15, 0.2) is 0 Å². The molecule has 2 nitrogen and oxygen atoms in total. The van der Waals surface area contributed by atoms with Gasteiger partial charge >= 0.3 is 6.18 Å². The number of nitrogens with one attached hydrogen (secondary N) is 1. The molecule has 3 rings (SSSR count). The van der Waals surface area contributed by atoms with Crippen molar-refractivity contribution in [2.24, 2.45) is 0 Å². The Balaban J connectivity index is 1.82. The average Bonchev–Trinajstić information content (AvgIpc) is 2.87. The van der Waals surface area contributed by atoms with Gasteiger partial charge in [0, 0.05) is 11.1 Å². The van der Waals surface area contributed by atoms with Crippen molar-refractivity contribution in [1.82, 2.24) is 0 Å². The number of halogens is 3. The van der Waals surface area contributed by atoms with Gasteiger partial charge in [-0.15, -0.1) is 0 Å². The highest BCUT2D eigenvalue weighted by Gasteiger charge is 2.33. The molecule has 21 heavy (non-hydrogen) atoms. The molecule has 0 amide bonds. The van der Waals surface area contributed by atoms with E-state index in [4.69, 9.17) is 4.42 Å². The fourth-order valence-corrected chi connectivity index (χ4v) is 2.19. The molecular weight excluding hydrogens is 279 g/mol. The van der Waals surface area contributed by atoms with Crippen LogP contribution in [-0.2, 0) is 12.7 Å². The van der Waals surface area contributed by atoms with Crippen LogP contribution in [0, 0.1) is 0 Å². The van der Waals surface area contributed by atoms with Gasteiger partial charge in [-0.3, -0.25) is 0 Å². The van der Waals surface area contributed by atoms with Crippen LogP contribution in [0.4, 0.5) is 18.9 Å². The monoisotopic (exact) mass is 291 g/mol. The molecule has 0 aliphatic rings. The van der Waals surface area contributed by atoms with Crippen molar-refractivity contribution < 1.29 is 17.6 Å². The largest absolute Gasteiger partial charge is 0.459 e. The maximum absolute atomic E-state index is 12.9. The number of para-hydroxylation sites is 2. The summed E-state index contributed by atoms with van der Waals surface area (Å²) in [7, 11) is 0. The maximum Gasteiger partial charge on any atom is 0.418 e. The third kappa shape index (κ3) is 2.86. The molecular formula is C16H12F3NO. The highest BCUT2D eigenvalue weighted by Crippen LogP contribution is 2.34. The van der Waals surface area contributed by atoms with Crippen LogP contribution in [0.5, 0.6) is 0 Å². The van der Waals surface area contributed by atoms with Crippen LogP contribution in [0.3, 0.4) is 0 Å². The Hall–Kier alpha value is -2.43. The second-order valence-corrected chi connectivity index (χ2v) is 4.65. The van der Waals surface area contributed by atoms with Crippen LogP contribution in [0.15, 0.2) is 59.0 Å². The number of benzene rings is 2. The fourth-order valence-electron chi connectivity index (χ4n) is 2.19. The molecule has 0 saturated heterocycles. The summed E-state index contributed by atoms with van der Waals surface area (Å²) in [6, 6.07) is 14.7. The van der Waals surface area contributed by atoms with Crippen LogP contribution in [0.25, 0.3) is 11.0 Å². The minimum absolute atomic E-state index is 0.0467. The number of rotatable bonds is 3. The Morgan fingerprint density at radius 3 is 2.43 bits per heavy atom. The van der Waals surface area contributed by atoms with E-state index in [0.717, 1.165) is 17.0 Å². The van der Waals surface area contributed by atoms with Gasteiger partial charge in [0.05, 0.1) is 12.1 Å². The zero-order valence-electron chi connectivity index (χ0n) is 10.9. The standard InChI is InChI=1S/C16H12F3NO/c17-16(18,19)13-6-2-3-7-14(13)20-10-12-9-11-5-1-4-8-15(11)21-12/h1-9,20H,10H2. The smallest absolute Gasteiger partial charge is 0.418 e. The van der Waals surface area contributed by atoms with Crippen molar-refractivity contribution in [2.75, 3.05) is 5.32 Å². The van der Waals surface area contributed by atoms with Gasteiger partial charge in [-0.1, -0.05) is 30.3 Å². The quantitative estimate of drug-likeness (QED) is 0.729. The predicted octanol–water partition coefficient (Wildman–Crippen LogP) is 5.06. The van der Waals surface area contributed by atoms with E-state index >= 15 is 0 Å². The summed E-state index contributed by atoms with van der Waals surface area (Å²) < 4.78 is 44.2. The van der Waals surface area contributed by atoms with Gasteiger partial charge < -0.3 is 9.73 Å². The lowest BCUT2D eigenvalue weighted by atomic mass is 10.1. The lowest BCUT2D eigenvalue weighted by molar-refractivity contribution is -0.137. The van der Waals surface area contributed by atoms with Gasteiger partial charge in [-0.2, -0.15) is 13.2 Å². The zero-order chi connectivity index (χ0) is 14.9. The lowest BCUT2D eigenvalue weighted by Gasteiger charge is -2.13. The van der Waals surface area contributed by atoms with Gasteiger partial charge in [-0.25, -0.2) is 0 Å². The summed E-state index contributed by atoms with van der Waals surface area (Å²) in [5.41, 5.74) is 0.0879. The fraction of sp³-hybridized carbons (Fsp3) is 0.125. The maximum atomic E-state index is 12.9. The van der Waals surface area contributed by atoms with Crippen molar-refractivity contribution in [3.05, 3.63) is 65.9 Å². The number of alkyl halides is 3. The SMILES string of the molecule is FC(F)(F)c1ccccc1NCc1cc2ccccc2o1. The lowest BCUT2D eigenvalue weighted by Crippen LogP contribution is -2.10. The van der Waals surface area contributed by atoms with Crippen molar-refractivity contribution in [2.45, 2.75) is 12.7 Å². The van der Waals surface area contributed by atoms with E-state index in [9.17, 15) is 13.2 Å². The summed E-state index contributed by atoms with van der Waals surface area (Å²) in [5, 5.41) is 3.71. The van der Waals surface area contributed by atoms with E-state index in [1.165, 1.54) is 12.1 Å². The molecule has 0 aliphatic heterocycles. The summed E-state index contributed by atoms with van der Waals surface area (Å²) in [6.07, 6.45) is -4.38. The van der Waals surface area contributed by atoms with Crippen LogP contribution >= 0.6 is 0 Å². The highest BCUT2D eigenvalue weighted by atomic mass is 19.4. The minimum Gasteiger partial charge on any atom is -0.459 e. The van der Waals surface area contributed by atoms with Crippen LogP contribution < -0.4 is 5.32 Å². The Labute approximate surface area is 119 Å². The molecule has 0 spiro atoms. The third-order valence-corrected chi connectivity index (χ3v) is 3.16. The van der Waals surface area contributed by atoms with E-state index in [1.807, 2.05) is 30.3 Å². The van der Waals surface area contributed by atoms with Gasteiger partial charge in [0.1, 0.15) is 11.3 Å². The van der Waals surface area contributed by atoms with E-state index in [-0.39, 0.29) is 12.2 Å². The number of hydrogen-bond acceptors (Lipinski definition) is 2. The Morgan fingerprint density at radius 2 is 1.67 bits per heavy atom. The van der Waals surface area contributed by atoms with E-state index in [0.29, 0.717) is 5.76 Å². The summed E-state index contributed by atoms with van der Waals surface area (Å²) in [4.78, 5) is 0. The molecule has 3 aromatic rings. The number of fused-ring (bicyclic) bond motifs is 1. The van der Waals surface area contributed by atoms with E-state index in [2.05, 4.69) is 5.32 Å². The zero-order valence-corrected chi connectivity index (χ0v) is 10.9. The topological polar surface area (TPSA) is 25.2 Å². The Morgan fingerprint density at radius 1 is 0.952 bits per heavy atom. The first-order chi connectivity index (χ1) is 10.0. The summed E-state index contributed by atoms with van der Waals surface area (Å²) in [5.74, 6) is 0.591. The normalized spacial score (nSPS) is 11.8. The van der Waals surface area contributed by atoms with E-state index in [1.54, 1.807) is 6.07 Å². The van der Waals surface area contributed by atoms with Crippen molar-refractivity contribution in [3.8, 4) is 0 Å². The average molecular weight is 291 g/mol. The molecule has 1 N–H and O–H groups in total. The van der Waals surface area contributed by atoms with Crippen molar-refractivity contribution in [1.29, 1.82) is 0 Å². The molecule has 0 saturated carbocycles.